The molecule has 4 heteroatoms. The van der Waals surface area contributed by atoms with E-state index in [9.17, 15) is 5.11 Å². The second-order valence-electron chi connectivity index (χ2n) is 2.88. The maximum absolute atomic E-state index is 9.36. The molecule has 1 heterocycles. The van der Waals surface area contributed by atoms with E-state index in [0.717, 1.165) is 18.2 Å². The molecule has 0 saturated heterocycles. The molecule has 3 nitrogen and oxygen atoms in total. The minimum Gasteiger partial charge on any atom is -0.481 e. The number of hydrogen-bond donors (Lipinski definition) is 2. The van der Waals surface area contributed by atoms with E-state index in [1.54, 1.807) is 11.8 Å². The van der Waals surface area contributed by atoms with Crippen molar-refractivity contribution in [2.24, 2.45) is 0 Å². The van der Waals surface area contributed by atoms with Crippen LogP contribution in [0.5, 0.6) is 0 Å². The van der Waals surface area contributed by atoms with Crippen molar-refractivity contribution in [3.63, 3.8) is 0 Å². The standard InChI is InChI=1S/C8H8OS.C2H4O2/c9-7-5-10-8-4-2-1-3-6(7)8;1-2(3)4/h1-4,7,9H,5H2;1H3,(H,3,4). The number of aliphatic carboxylic acids is 1. The summed E-state index contributed by atoms with van der Waals surface area (Å²) in [4.78, 5) is 10.2. The first-order chi connectivity index (χ1) is 6.61. The van der Waals surface area contributed by atoms with Crippen molar-refractivity contribution >= 4 is 17.7 Å². The molecule has 14 heavy (non-hydrogen) atoms. The fourth-order valence-electron chi connectivity index (χ4n) is 1.15. The van der Waals surface area contributed by atoms with Gasteiger partial charge in [-0.25, -0.2) is 0 Å². The summed E-state index contributed by atoms with van der Waals surface area (Å²) in [5.41, 5.74) is 1.09. The van der Waals surface area contributed by atoms with Gasteiger partial charge in [-0.2, -0.15) is 0 Å². The second-order valence-corrected chi connectivity index (χ2v) is 3.95. The minimum atomic E-state index is -0.833. The van der Waals surface area contributed by atoms with Crippen LogP contribution >= 0.6 is 11.8 Å². The zero-order chi connectivity index (χ0) is 10.6. The molecule has 0 aliphatic carbocycles. The molecule has 76 valence electrons. The molecule has 0 bridgehead atoms. The maximum Gasteiger partial charge on any atom is 0.300 e. The first-order valence-corrected chi connectivity index (χ1v) is 5.19. The lowest BCUT2D eigenvalue weighted by Gasteiger charge is -1.99. The molecule has 0 radical (unpaired) electrons. The molecular formula is C10H12O3S. The Morgan fingerprint density at radius 3 is 2.64 bits per heavy atom. The van der Waals surface area contributed by atoms with Crippen molar-refractivity contribution in [1.82, 2.24) is 0 Å². The average Bonchev–Trinajstić information content (AvgIpc) is 2.48. The first kappa shape index (κ1) is 11.1. The summed E-state index contributed by atoms with van der Waals surface area (Å²) >= 11 is 1.73. The summed E-state index contributed by atoms with van der Waals surface area (Å²) in [7, 11) is 0. The zero-order valence-electron chi connectivity index (χ0n) is 7.80. The van der Waals surface area contributed by atoms with E-state index in [1.807, 2.05) is 18.2 Å². The zero-order valence-corrected chi connectivity index (χ0v) is 8.62. The molecule has 0 aromatic heterocycles. The fraction of sp³-hybridized carbons (Fsp3) is 0.300. The third kappa shape index (κ3) is 3.05. The molecule has 1 aliphatic heterocycles. The monoisotopic (exact) mass is 212 g/mol. The molecule has 1 aromatic rings. The third-order valence-corrected chi connectivity index (χ3v) is 2.84. The smallest absolute Gasteiger partial charge is 0.300 e. The van der Waals surface area contributed by atoms with Gasteiger partial charge >= 0.3 is 0 Å². The van der Waals surface area contributed by atoms with Gasteiger partial charge in [0.05, 0.1) is 6.10 Å². The number of benzene rings is 1. The highest BCUT2D eigenvalue weighted by Crippen LogP contribution is 2.37. The summed E-state index contributed by atoms with van der Waals surface area (Å²) in [6.45, 7) is 1.08. The van der Waals surface area contributed by atoms with Crippen LogP contribution in [0, 0.1) is 0 Å². The van der Waals surface area contributed by atoms with E-state index in [2.05, 4.69) is 6.07 Å². The molecular weight excluding hydrogens is 200 g/mol. The molecule has 2 rings (SSSR count). The average molecular weight is 212 g/mol. The lowest BCUT2D eigenvalue weighted by molar-refractivity contribution is -0.134. The molecule has 0 saturated carbocycles. The first-order valence-electron chi connectivity index (χ1n) is 4.20. The third-order valence-electron chi connectivity index (χ3n) is 1.67. The molecule has 0 spiro atoms. The Labute approximate surface area is 86.8 Å². The molecule has 0 fully saturated rings. The lowest BCUT2D eigenvalue weighted by atomic mass is 10.1. The van der Waals surface area contributed by atoms with E-state index < -0.39 is 5.97 Å². The highest BCUT2D eigenvalue weighted by atomic mass is 32.2. The number of rotatable bonds is 0. The normalized spacial score (nSPS) is 18.0. The summed E-state index contributed by atoms with van der Waals surface area (Å²) < 4.78 is 0. The van der Waals surface area contributed by atoms with Crippen LogP contribution in [-0.4, -0.2) is 21.9 Å². The van der Waals surface area contributed by atoms with E-state index in [4.69, 9.17) is 9.90 Å². The van der Waals surface area contributed by atoms with Crippen LogP contribution < -0.4 is 0 Å². The summed E-state index contributed by atoms with van der Waals surface area (Å²) in [5, 5.41) is 16.8. The molecule has 2 N–H and O–H groups in total. The predicted molar refractivity (Wildman–Crippen MR) is 55.4 cm³/mol. The number of carboxylic acids is 1. The number of aliphatic hydroxyl groups excluding tert-OH is 1. The van der Waals surface area contributed by atoms with Crippen LogP contribution in [0.3, 0.4) is 0 Å². The Morgan fingerprint density at radius 1 is 1.50 bits per heavy atom. The van der Waals surface area contributed by atoms with Crippen LogP contribution in [0.25, 0.3) is 0 Å². The maximum atomic E-state index is 9.36. The van der Waals surface area contributed by atoms with Gasteiger partial charge in [-0.05, 0) is 11.6 Å². The van der Waals surface area contributed by atoms with Gasteiger partial charge in [-0.15, -0.1) is 11.8 Å². The Hall–Kier alpha value is -1.00. The van der Waals surface area contributed by atoms with E-state index in [-0.39, 0.29) is 6.10 Å². The van der Waals surface area contributed by atoms with Gasteiger partial charge < -0.3 is 10.2 Å². The molecule has 0 amide bonds. The quantitative estimate of drug-likeness (QED) is 0.689. The van der Waals surface area contributed by atoms with Crippen molar-refractivity contribution < 1.29 is 15.0 Å². The highest BCUT2D eigenvalue weighted by molar-refractivity contribution is 7.99. The van der Waals surface area contributed by atoms with Crippen molar-refractivity contribution in [2.45, 2.75) is 17.9 Å². The molecule has 1 atom stereocenters. The topological polar surface area (TPSA) is 57.5 Å². The highest BCUT2D eigenvalue weighted by Gasteiger charge is 2.19. The Bertz CT molecular complexity index is 321. The molecule has 1 unspecified atom stereocenters. The van der Waals surface area contributed by atoms with Crippen molar-refractivity contribution in [3.8, 4) is 0 Å². The van der Waals surface area contributed by atoms with Gasteiger partial charge in [0.25, 0.3) is 5.97 Å². The molecule has 1 aromatic carbocycles. The lowest BCUT2D eigenvalue weighted by Crippen LogP contribution is -1.92. The predicted octanol–water partition coefficient (Wildman–Crippen LogP) is 1.92. The SMILES string of the molecule is CC(=O)O.OC1CSc2ccccc21. The minimum absolute atomic E-state index is 0.235. The second kappa shape index (κ2) is 5.02. The van der Waals surface area contributed by atoms with Crippen LogP contribution in [0.2, 0.25) is 0 Å². The number of carbonyl (C=O) groups is 1. The Balaban J connectivity index is 0.000000213. The van der Waals surface area contributed by atoms with E-state index in [0.29, 0.717) is 0 Å². The van der Waals surface area contributed by atoms with Crippen molar-refractivity contribution in [3.05, 3.63) is 29.8 Å². The van der Waals surface area contributed by atoms with Gasteiger partial charge in [0.15, 0.2) is 0 Å². The van der Waals surface area contributed by atoms with Crippen molar-refractivity contribution in [2.75, 3.05) is 5.75 Å². The molecule has 1 aliphatic rings. The number of fused-ring (bicyclic) bond motifs is 1. The summed E-state index contributed by atoms with van der Waals surface area (Å²) in [6.07, 6.45) is -0.235. The number of carboxylic acid groups (broad SMARTS) is 1. The largest absolute Gasteiger partial charge is 0.481 e. The number of aliphatic hydroxyl groups is 1. The van der Waals surface area contributed by atoms with E-state index in [1.165, 1.54) is 4.90 Å². The van der Waals surface area contributed by atoms with Crippen LogP contribution in [0.1, 0.15) is 18.6 Å². The summed E-state index contributed by atoms with van der Waals surface area (Å²) in [5.74, 6) is -0.0145. The van der Waals surface area contributed by atoms with Gasteiger partial charge in [0.1, 0.15) is 0 Å². The van der Waals surface area contributed by atoms with Crippen LogP contribution in [0.15, 0.2) is 29.2 Å². The van der Waals surface area contributed by atoms with Gasteiger partial charge in [0.2, 0.25) is 0 Å². The fourth-order valence-corrected chi connectivity index (χ4v) is 2.21. The van der Waals surface area contributed by atoms with Crippen LogP contribution in [-0.2, 0) is 4.79 Å². The van der Waals surface area contributed by atoms with Gasteiger partial charge in [-0.3, -0.25) is 4.79 Å². The Morgan fingerprint density at radius 2 is 2.07 bits per heavy atom. The van der Waals surface area contributed by atoms with Gasteiger partial charge in [-0.1, -0.05) is 18.2 Å². The summed E-state index contributed by atoms with van der Waals surface area (Å²) in [6, 6.07) is 8.01. The van der Waals surface area contributed by atoms with E-state index >= 15 is 0 Å². The number of hydrogen-bond acceptors (Lipinski definition) is 3. The van der Waals surface area contributed by atoms with Gasteiger partial charge in [0, 0.05) is 17.6 Å². The number of thioether (sulfide) groups is 1. The Kier molecular flexibility index (Phi) is 3.98. The van der Waals surface area contributed by atoms with Crippen molar-refractivity contribution in [1.29, 1.82) is 0 Å². The van der Waals surface area contributed by atoms with Crippen LogP contribution in [0.4, 0.5) is 0 Å².